The van der Waals surface area contributed by atoms with Gasteiger partial charge in [-0.3, -0.25) is 9.59 Å². The second kappa shape index (κ2) is 6.71. The number of hydrogen-bond donors (Lipinski definition) is 3. The molecule has 0 amide bonds. The smallest absolute Gasteiger partial charge is 0.337 e. The van der Waals surface area contributed by atoms with Crippen molar-refractivity contribution in [3.05, 3.63) is 53.6 Å². The monoisotopic (exact) mass is 301 g/mol. The number of carboxylic acid groups (broad SMARTS) is 2. The van der Waals surface area contributed by atoms with Crippen LogP contribution >= 0.6 is 0 Å². The highest BCUT2D eigenvalue weighted by molar-refractivity contribution is 6.02. The Morgan fingerprint density at radius 3 is 2.50 bits per heavy atom. The van der Waals surface area contributed by atoms with E-state index in [4.69, 9.17) is 10.2 Å². The van der Waals surface area contributed by atoms with Crippen molar-refractivity contribution in [2.75, 3.05) is 11.9 Å². The average molecular weight is 301 g/mol. The predicted octanol–water partition coefficient (Wildman–Crippen LogP) is 1.95. The van der Waals surface area contributed by atoms with E-state index in [0.717, 1.165) is 0 Å². The number of anilines is 1. The fraction of sp³-hybridized carbons (Fsp3) is 0.188. The van der Waals surface area contributed by atoms with Crippen LogP contribution < -0.4 is 5.32 Å². The molecule has 6 heteroatoms. The Labute approximate surface area is 126 Å². The number of hydrogen-bond acceptors (Lipinski definition) is 4. The summed E-state index contributed by atoms with van der Waals surface area (Å²) in [5, 5.41) is 20.7. The van der Waals surface area contributed by atoms with Crippen molar-refractivity contribution in [3.8, 4) is 0 Å². The van der Waals surface area contributed by atoms with Crippen LogP contribution in [0.4, 0.5) is 5.69 Å². The minimum absolute atomic E-state index is 0.0573. The van der Waals surface area contributed by atoms with Crippen LogP contribution in [-0.4, -0.2) is 34.5 Å². The molecule has 0 bridgehead atoms. The minimum Gasteiger partial charge on any atom is -0.481 e. The number of rotatable bonds is 6. The third-order valence-electron chi connectivity index (χ3n) is 3.34. The quantitative estimate of drug-likeness (QED) is 0.742. The van der Waals surface area contributed by atoms with Crippen molar-refractivity contribution in [1.29, 1.82) is 0 Å². The first kappa shape index (κ1) is 15.5. The lowest BCUT2D eigenvalue weighted by Crippen LogP contribution is -2.19. The van der Waals surface area contributed by atoms with Crippen LogP contribution in [-0.2, 0) is 9.59 Å². The molecule has 0 radical (unpaired) electrons. The summed E-state index contributed by atoms with van der Waals surface area (Å²) >= 11 is 0. The summed E-state index contributed by atoms with van der Waals surface area (Å²) in [6, 6.07) is 6.32. The first-order valence-corrected chi connectivity index (χ1v) is 6.69. The summed E-state index contributed by atoms with van der Waals surface area (Å²) in [7, 11) is 0. The van der Waals surface area contributed by atoms with E-state index in [2.05, 4.69) is 5.32 Å². The van der Waals surface area contributed by atoms with Gasteiger partial charge in [-0.2, -0.15) is 0 Å². The summed E-state index contributed by atoms with van der Waals surface area (Å²) in [6.07, 6.45) is 4.85. The molecular weight excluding hydrogens is 286 g/mol. The third-order valence-corrected chi connectivity index (χ3v) is 3.34. The number of allylic oxidation sites excluding steroid dienone is 2. The molecule has 1 atom stereocenters. The van der Waals surface area contributed by atoms with Gasteiger partial charge in [-0.15, -0.1) is 0 Å². The van der Waals surface area contributed by atoms with Crippen molar-refractivity contribution in [1.82, 2.24) is 0 Å². The SMILES string of the molecule is O=C(CNc1ccccc1C(=O)O)C1=CCC(C(=O)O)C=C1. The largest absolute Gasteiger partial charge is 0.481 e. The van der Waals surface area contributed by atoms with Gasteiger partial charge in [-0.25, -0.2) is 4.79 Å². The lowest BCUT2D eigenvalue weighted by atomic mass is 9.95. The molecule has 0 spiro atoms. The number of para-hydroxylation sites is 1. The highest BCUT2D eigenvalue weighted by Crippen LogP contribution is 2.18. The Balaban J connectivity index is 1.99. The second-order valence-electron chi connectivity index (χ2n) is 4.83. The fourth-order valence-corrected chi connectivity index (χ4v) is 2.11. The van der Waals surface area contributed by atoms with Crippen LogP contribution in [0.15, 0.2) is 48.1 Å². The number of aromatic carboxylic acids is 1. The van der Waals surface area contributed by atoms with E-state index in [9.17, 15) is 14.4 Å². The van der Waals surface area contributed by atoms with Crippen LogP contribution in [0, 0.1) is 5.92 Å². The Morgan fingerprint density at radius 2 is 1.91 bits per heavy atom. The number of carbonyl (C=O) groups excluding carboxylic acids is 1. The Kier molecular flexibility index (Phi) is 4.73. The summed E-state index contributed by atoms with van der Waals surface area (Å²) in [6.45, 7) is -0.0573. The number of nitrogens with one attached hydrogen (secondary N) is 1. The van der Waals surface area contributed by atoms with Crippen molar-refractivity contribution < 1.29 is 24.6 Å². The molecule has 0 fully saturated rings. The highest BCUT2D eigenvalue weighted by Gasteiger charge is 2.18. The summed E-state index contributed by atoms with van der Waals surface area (Å²) in [5.74, 6) is -2.82. The van der Waals surface area contributed by atoms with Gasteiger partial charge in [0.2, 0.25) is 0 Å². The van der Waals surface area contributed by atoms with Crippen LogP contribution in [0.3, 0.4) is 0 Å². The second-order valence-corrected chi connectivity index (χ2v) is 4.83. The molecule has 114 valence electrons. The molecule has 1 aromatic carbocycles. The maximum atomic E-state index is 12.1. The Hall–Kier alpha value is -2.89. The number of carbonyl (C=O) groups is 3. The van der Waals surface area contributed by atoms with Gasteiger partial charge in [0.1, 0.15) is 0 Å². The van der Waals surface area contributed by atoms with Crippen molar-refractivity contribution >= 4 is 23.4 Å². The van der Waals surface area contributed by atoms with Crippen LogP contribution in [0.5, 0.6) is 0 Å². The summed E-state index contributed by atoms with van der Waals surface area (Å²) in [5.41, 5.74) is 0.888. The van der Waals surface area contributed by atoms with Gasteiger partial charge in [-0.1, -0.05) is 30.4 Å². The number of ketones is 1. The number of carboxylic acids is 2. The maximum Gasteiger partial charge on any atom is 0.337 e. The minimum atomic E-state index is -1.07. The Bertz CT molecular complexity index is 675. The lowest BCUT2D eigenvalue weighted by molar-refractivity contribution is -0.140. The molecular formula is C16H15NO5. The van der Waals surface area contributed by atoms with E-state index in [0.29, 0.717) is 11.3 Å². The van der Waals surface area contributed by atoms with E-state index >= 15 is 0 Å². The zero-order chi connectivity index (χ0) is 16.1. The molecule has 0 saturated heterocycles. The maximum absolute atomic E-state index is 12.1. The molecule has 22 heavy (non-hydrogen) atoms. The summed E-state index contributed by atoms with van der Waals surface area (Å²) in [4.78, 5) is 33.9. The van der Waals surface area contributed by atoms with Gasteiger partial charge >= 0.3 is 11.9 Å². The van der Waals surface area contributed by atoms with E-state index in [-0.39, 0.29) is 24.3 Å². The normalized spacial score (nSPS) is 16.7. The van der Waals surface area contributed by atoms with Gasteiger partial charge in [0.25, 0.3) is 0 Å². The Morgan fingerprint density at radius 1 is 1.18 bits per heavy atom. The van der Waals surface area contributed by atoms with Crippen LogP contribution in [0.1, 0.15) is 16.8 Å². The predicted molar refractivity (Wildman–Crippen MR) is 79.9 cm³/mol. The molecule has 0 heterocycles. The van der Waals surface area contributed by atoms with Crippen LogP contribution in [0.25, 0.3) is 0 Å². The standard InChI is InChI=1S/C16H15NO5/c18-14(10-5-7-11(8-6-10)15(19)20)9-17-13-4-2-1-3-12(13)16(21)22/h1-7,11,17H,8-9H2,(H,19,20)(H,21,22). The number of Topliss-reactive ketones (excluding diaryl/α,β-unsaturated/α-hetero) is 1. The fourth-order valence-electron chi connectivity index (χ4n) is 2.11. The molecule has 1 aliphatic rings. The third kappa shape index (κ3) is 3.60. The van der Waals surface area contributed by atoms with E-state index < -0.39 is 17.9 Å². The zero-order valence-corrected chi connectivity index (χ0v) is 11.7. The van der Waals surface area contributed by atoms with E-state index in [1.165, 1.54) is 18.2 Å². The molecule has 2 rings (SSSR count). The van der Waals surface area contributed by atoms with Crippen molar-refractivity contribution in [2.45, 2.75) is 6.42 Å². The molecule has 0 aromatic heterocycles. The number of aliphatic carboxylic acids is 1. The van der Waals surface area contributed by atoms with E-state index in [1.54, 1.807) is 24.3 Å². The zero-order valence-electron chi connectivity index (χ0n) is 11.7. The van der Waals surface area contributed by atoms with Gasteiger partial charge in [0.15, 0.2) is 5.78 Å². The van der Waals surface area contributed by atoms with Crippen molar-refractivity contribution in [3.63, 3.8) is 0 Å². The van der Waals surface area contributed by atoms with Gasteiger partial charge < -0.3 is 15.5 Å². The van der Waals surface area contributed by atoms with Gasteiger partial charge in [-0.05, 0) is 18.6 Å². The van der Waals surface area contributed by atoms with Gasteiger partial charge in [0.05, 0.1) is 18.0 Å². The van der Waals surface area contributed by atoms with Gasteiger partial charge in [0, 0.05) is 11.3 Å². The molecule has 0 saturated carbocycles. The van der Waals surface area contributed by atoms with Crippen molar-refractivity contribution in [2.24, 2.45) is 5.92 Å². The molecule has 3 N–H and O–H groups in total. The molecule has 6 nitrogen and oxygen atoms in total. The molecule has 1 aromatic rings. The topological polar surface area (TPSA) is 104 Å². The first-order valence-electron chi connectivity index (χ1n) is 6.69. The molecule has 1 unspecified atom stereocenters. The summed E-state index contributed by atoms with van der Waals surface area (Å²) < 4.78 is 0. The van der Waals surface area contributed by atoms with Crippen LogP contribution in [0.2, 0.25) is 0 Å². The molecule has 0 aliphatic heterocycles. The average Bonchev–Trinajstić information content (AvgIpc) is 2.52. The first-order chi connectivity index (χ1) is 10.5. The molecule has 1 aliphatic carbocycles. The lowest BCUT2D eigenvalue weighted by Gasteiger charge is -2.13. The number of benzene rings is 1. The highest BCUT2D eigenvalue weighted by atomic mass is 16.4. The van der Waals surface area contributed by atoms with E-state index in [1.807, 2.05) is 0 Å².